The van der Waals surface area contributed by atoms with E-state index < -0.39 is 0 Å². The number of rotatable bonds is 4. The van der Waals surface area contributed by atoms with E-state index in [2.05, 4.69) is 24.1 Å². The third kappa shape index (κ3) is 2.77. The number of hydrogen-bond donors (Lipinski definition) is 1. The lowest BCUT2D eigenvalue weighted by Crippen LogP contribution is -2.30. The number of benzene rings is 1. The zero-order chi connectivity index (χ0) is 15.9. The van der Waals surface area contributed by atoms with Crippen LogP contribution in [0.1, 0.15) is 43.5 Å². The molecule has 22 heavy (non-hydrogen) atoms. The van der Waals surface area contributed by atoms with Crippen molar-refractivity contribution in [3.63, 3.8) is 0 Å². The first-order valence-corrected chi connectivity index (χ1v) is 7.83. The fraction of sp³-hybridized carbons (Fsp3) is 0.562. The third-order valence-electron chi connectivity index (χ3n) is 4.80. The smallest absolute Gasteiger partial charge is 0.293 e. The van der Waals surface area contributed by atoms with Crippen LogP contribution in [0.5, 0.6) is 0 Å². The zero-order valence-corrected chi connectivity index (χ0v) is 12.9. The van der Waals surface area contributed by atoms with Gasteiger partial charge in [-0.25, -0.2) is 0 Å². The van der Waals surface area contributed by atoms with Crippen LogP contribution in [0.2, 0.25) is 0 Å². The molecule has 1 amide bonds. The van der Waals surface area contributed by atoms with Crippen LogP contribution in [0.3, 0.4) is 0 Å². The monoisotopic (exact) mass is 303 g/mol. The molecule has 6 heteroatoms. The van der Waals surface area contributed by atoms with Crippen LogP contribution in [-0.2, 0) is 0 Å². The molecule has 0 bridgehead atoms. The first-order valence-electron chi connectivity index (χ1n) is 7.83. The maximum atomic E-state index is 12.1. The molecule has 0 aromatic heterocycles. The Morgan fingerprint density at radius 2 is 2.05 bits per heavy atom. The fourth-order valence-electron chi connectivity index (χ4n) is 2.98. The third-order valence-corrected chi connectivity index (χ3v) is 4.80. The van der Waals surface area contributed by atoms with Crippen molar-refractivity contribution >= 4 is 17.3 Å². The van der Waals surface area contributed by atoms with E-state index in [0.29, 0.717) is 17.2 Å². The van der Waals surface area contributed by atoms with Crippen molar-refractivity contribution in [2.45, 2.75) is 45.2 Å². The number of nitro benzene ring substituents is 1. The van der Waals surface area contributed by atoms with E-state index in [1.54, 1.807) is 12.1 Å². The molecule has 1 heterocycles. The Bertz CT molecular complexity index is 613. The largest absolute Gasteiger partial charge is 0.363 e. The van der Waals surface area contributed by atoms with Crippen LogP contribution >= 0.6 is 0 Å². The predicted molar refractivity (Wildman–Crippen MR) is 84.2 cm³/mol. The summed E-state index contributed by atoms with van der Waals surface area (Å²) < 4.78 is 0. The molecule has 118 valence electrons. The number of nitro groups is 1. The molecule has 2 unspecified atom stereocenters. The van der Waals surface area contributed by atoms with Gasteiger partial charge in [0, 0.05) is 30.3 Å². The molecule has 1 aliphatic heterocycles. The highest BCUT2D eigenvalue weighted by molar-refractivity contribution is 5.96. The minimum Gasteiger partial charge on any atom is -0.363 e. The van der Waals surface area contributed by atoms with Gasteiger partial charge in [0.05, 0.1) is 4.92 Å². The summed E-state index contributed by atoms with van der Waals surface area (Å²) in [5.74, 6) is 0.289. The average Bonchev–Trinajstić information content (AvgIpc) is 3.24. The second kappa shape index (κ2) is 5.59. The Morgan fingerprint density at radius 3 is 2.59 bits per heavy atom. The van der Waals surface area contributed by atoms with Gasteiger partial charge in [-0.05, 0) is 44.2 Å². The van der Waals surface area contributed by atoms with Crippen molar-refractivity contribution in [3.8, 4) is 0 Å². The molecular formula is C16H21N3O3. The average molecular weight is 303 g/mol. The molecule has 2 atom stereocenters. The molecule has 0 radical (unpaired) electrons. The van der Waals surface area contributed by atoms with Gasteiger partial charge in [-0.2, -0.15) is 0 Å². The van der Waals surface area contributed by atoms with Crippen LogP contribution in [-0.4, -0.2) is 29.5 Å². The highest BCUT2D eigenvalue weighted by Gasteiger charge is 2.32. The molecule has 1 saturated carbocycles. The standard InChI is InChI=1S/C16H21N3O3/c1-10-7-8-18(11(10)2)14-6-3-12(9-15(14)19(21)22)16(20)17-13-4-5-13/h3,6,9-11,13H,4-5,7-8H2,1-2H3,(H,17,20). The topological polar surface area (TPSA) is 75.5 Å². The summed E-state index contributed by atoms with van der Waals surface area (Å²) in [6.45, 7) is 5.07. The SMILES string of the molecule is CC1CCN(c2ccc(C(=O)NC3CC3)cc2[N+](=O)[O-])C1C. The Morgan fingerprint density at radius 1 is 1.32 bits per heavy atom. The summed E-state index contributed by atoms with van der Waals surface area (Å²) in [7, 11) is 0. The second-order valence-electron chi connectivity index (χ2n) is 6.41. The van der Waals surface area contributed by atoms with Crippen molar-refractivity contribution in [2.75, 3.05) is 11.4 Å². The molecule has 1 aromatic rings. The minimum absolute atomic E-state index is 0.0180. The Kier molecular flexibility index (Phi) is 3.76. The minimum atomic E-state index is -0.390. The quantitative estimate of drug-likeness (QED) is 0.685. The molecule has 3 rings (SSSR count). The molecule has 1 N–H and O–H groups in total. The number of anilines is 1. The lowest BCUT2D eigenvalue weighted by atomic mass is 10.0. The maximum Gasteiger partial charge on any atom is 0.293 e. The predicted octanol–water partition coefficient (Wildman–Crippen LogP) is 2.72. The molecular weight excluding hydrogens is 282 g/mol. The van der Waals surface area contributed by atoms with Crippen LogP contribution in [0.4, 0.5) is 11.4 Å². The summed E-state index contributed by atoms with van der Waals surface area (Å²) >= 11 is 0. The number of nitrogens with zero attached hydrogens (tertiary/aromatic N) is 2. The van der Waals surface area contributed by atoms with Gasteiger partial charge in [-0.15, -0.1) is 0 Å². The Labute approximate surface area is 129 Å². The highest BCUT2D eigenvalue weighted by atomic mass is 16.6. The van der Waals surface area contributed by atoms with Crippen molar-refractivity contribution in [2.24, 2.45) is 5.92 Å². The fourth-order valence-corrected chi connectivity index (χ4v) is 2.98. The van der Waals surface area contributed by atoms with E-state index in [0.717, 1.165) is 25.8 Å². The van der Waals surface area contributed by atoms with Gasteiger partial charge in [0.25, 0.3) is 11.6 Å². The molecule has 1 aromatic carbocycles. The molecule has 2 aliphatic rings. The van der Waals surface area contributed by atoms with Crippen LogP contribution in [0, 0.1) is 16.0 Å². The lowest BCUT2D eigenvalue weighted by Gasteiger charge is -2.25. The Hall–Kier alpha value is -2.11. The van der Waals surface area contributed by atoms with E-state index in [1.807, 2.05) is 0 Å². The lowest BCUT2D eigenvalue weighted by molar-refractivity contribution is -0.384. The van der Waals surface area contributed by atoms with E-state index >= 15 is 0 Å². The molecule has 0 spiro atoms. The van der Waals surface area contributed by atoms with Gasteiger partial charge >= 0.3 is 0 Å². The Balaban J connectivity index is 1.90. The number of carbonyl (C=O) groups excluding carboxylic acids is 1. The van der Waals surface area contributed by atoms with E-state index in [9.17, 15) is 14.9 Å². The molecule has 1 aliphatic carbocycles. The number of hydrogen-bond acceptors (Lipinski definition) is 4. The molecule has 2 fully saturated rings. The van der Waals surface area contributed by atoms with E-state index in [4.69, 9.17) is 0 Å². The van der Waals surface area contributed by atoms with E-state index in [1.165, 1.54) is 6.07 Å². The van der Waals surface area contributed by atoms with Crippen molar-refractivity contribution in [3.05, 3.63) is 33.9 Å². The number of nitrogens with one attached hydrogen (secondary N) is 1. The van der Waals surface area contributed by atoms with Gasteiger partial charge in [-0.3, -0.25) is 14.9 Å². The number of amides is 1. The van der Waals surface area contributed by atoms with Gasteiger partial charge in [0.2, 0.25) is 0 Å². The van der Waals surface area contributed by atoms with Crippen molar-refractivity contribution in [1.82, 2.24) is 5.32 Å². The second-order valence-corrected chi connectivity index (χ2v) is 6.41. The first kappa shape index (κ1) is 14.8. The van der Waals surface area contributed by atoms with Gasteiger partial charge in [0.1, 0.15) is 5.69 Å². The normalized spacial score (nSPS) is 24.4. The van der Waals surface area contributed by atoms with Gasteiger partial charge in [0.15, 0.2) is 0 Å². The summed E-state index contributed by atoms with van der Waals surface area (Å²) in [5.41, 5.74) is 0.997. The zero-order valence-electron chi connectivity index (χ0n) is 12.9. The van der Waals surface area contributed by atoms with Crippen molar-refractivity contribution in [1.29, 1.82) is 0 Å². The molecule has 6 nitrogen and oxygen atoms in total. The van der Waals surface area contributed by atoms with E-state index in [-0.39, 0.29) is 28.6 Å². The highest BCUT2D eigenvalue weighted by Crippen LogP contribution is 2.36. The number of carbonyl (C=O) groups is 1. The van der Waals surface area contributed by atoms with Crippen LogP contribution < -0.4 is 10.2 Å². The summed E-state index contributed by atoms with van der Waals surface area (Å²) in [6.07, 6.45) is 3.02. The van der Waals surface area contributed by atoms with Gasteiger partial charge < -0.3 is 10.2 Å². The van der Waals surface area contributed by atoms with Gasteiger partial charge in [-0.1, -0.05) is 6.92 Å². The molecule has 1 saturated heterocycles. The van der Waals surface area contributed by atoms with Crippen LogP contribution in [0.15, 0.2) is 18.2 Å². The van der Waals surface area contributed by atoms with Crippen LogP contribution in [0.25, 0.3) is 0 Å². The van der Waals surface area contributed by atoms with Crippen molar-refractivity contribution < 1.29 is 9.72 Å². The maximum absolute atomic E-state index is 12.1. The summed E-state index contributed by atoms with van der Waals surface area (Å²) in [6, 6.07) is 5.32. The first-order chi connectivity index (χ1) is 10.5. The summed E-state index contributed by atoms with van der Waals surface area (Å²) in [4.78, 5) is 25.2. The summed E-state index contributed by atoms with van der Waals surface area (Å²) in [5, 5.41) is 14.3.